The summed E-state index contributed by atoms with van der Waals surface area (Å²) in [6.45, 7) is 9.62. The maximum absolute atomic E-state index is 11.1. The minimum Gasteiger partial charge on any atom is -0.460 e. The molecule has 0 aromatic carbocycles. The molecule has 1 aliphatic rings. The SMILES string of the molecule is C=C(C)C(=O)OCC(C)OCCOCC1CO1. The molecule has 0 amide bonds. The monoisotopic (exact) mass is 244 g/mol. The first-order valence-corrected chi connectivity index (χ1v) is 5.73. The lowest BCUT2D eigenvalue weighted by atomic mass is 10.3. The summed E-state index contributed by atoms with van der Waals surface area (Å²) in [5, 5.41) is 0. The minimum absolute atomic E-state index is 0.140. The zero-order chi connectivity index (χ0) is 12.7. The Kier molecular flexibility index (Phi) is 6.18. The average molecular weight is 244 g/mol. The summed E-state index contributed by atoms with van der Waals surface area (Å²) >= 11 is 0. The van der Waals surface area contributed by atoms with Gasteiger partial charge in [0.1, 0.15) is 12.7 Å². The highest BCUT2D eigenvalue weighted by Crippen LogP contribution is 2.08. The Morgan fingerprint density at radius 2 is 2.24 bits per heavy atom. The van der Waals surface area contributed by atoms with E-state index in [1.165, 1.54) is 0 Å². The molecule has 0 aromatic heterocycles. The van der Waals surface area contributed by atoms with Crippen LogP contribution in [0.3, 0.4) is 0 Å². The number of epoxide rings is 1. The van der Waals surface area contributed by atoms with Crippen molar-refractivity contribution in [2.45, 2.75) is 26.1 Å². The van der Waals surface area contributed by atoms with Crippen molar-refractivity contribution in [3.05, 3.63) is 12.2 Å². The van der Waals surface area contributed by atoms with Crippen LogP contribution < -0.4 is 0 Å². The summed E-state index contributed by atoms with van der Waals surface area (Å²) < 4.78 is 20.6. The van der Waals surface area contributed by atoms with Crippen LogP contribution >= 0.6 is 0 Å². The fourth-order valence-electron chi connectivity index (χ4n) is 1.05. The lowest BCUT2D eigenvalue weighted by Crippen LogP contribution is -2.21. The van der Waals surface area contributed by atoms with Gasteiger partial charge in [-0.25, -0.2) is 4.79 Å². The summed E-state index contributed by atoms with van der Waals surface area (Å²) in [7, 11) is 0. The zero-order valence-corrected chi connectivity index (χ0v) is 10.4. The molecule has 1 aliphatic heterocycles. The van der Waals surface area contributed by atoms with Crippen LogP contribution in [-0.2, 0) is 23.7 Å². The lowest BCUT2D eigenvalue weighted by molar-refractivity contribution is -0.143. The largest absolute Gasteiger partial charge is 0.460 e. The van der Waals surface area contributed by atoms with Crippen LogP contribution in [0.25, 0.3) is 0 Å². The highest BCUT2D eigenvalue weighted by Gasteiger charge is 2.22. The second-order valence-corrected chi connectivity index (χ2v) is 4.09. The van der Waals surface area contributed by atoms with Gasteiger partial charge in [-0.1, -0.05) is 6.58 Å². The molecule has 0 N–H and O–H groups in total. The molecule has 0 aromatic rings. The zero-order valence-electron chi connectivity index (χ0n) is 10.4. The van der Waals surface area contributed by atoms with Gasteiger partial charge >= 0.3 is 5.97 Å². The van der Waals surface area contributed by atoms with Gasteiger partial charge in [-0.3, -0.25) is 0 Å². The molecule has 5 nitrogen and oxygen atoms in total. The van der Waals surface area contributed by atoms with Gasteiger partial charge in [-0.05, 0) is 13.8 Å². The smallest absolute Gasteiger partial charge is 0.333 e. The standard InChI is InChI=1S/C12H20O5/c1-9(2)12(13)17-6-10(3)15-5-4-14-7-11-8-16-11/h10-11H,1,4-8H2,2-3H3. The fraction of sp³-hybridized carbons (Fsp3) is 0.750. The third kappa shape index (κ3) is 7.10. The van der Waals surface area contributed by atoms with Gasteiger partial charge in [0.2, 0.25) is 0 Å². The summed E-state index contributed by atoms with van der Waals surface area (Å²) in [4.78, 5) is 11.1. The van der Waals surface area contributed by atoms with Gasteiger partial charge in [-0.2, -0.15) is 0 Å². The van der Waals surface area contributed by atoms with Crippen molar-refractivity contribution < 1.29 is 23.7 Å². The van der Waals surface area contributed by atoms with Crippen LogP contribution in [0.2, 0.25) is 0 Å². The molecular formula is C12H20O5. The van der Waals surface area contributed by atoms with E-state index in [9.17, 15) is 4.79 Å². The summed E-state index contributed by atoms with van der Waals surface area (Å²) in [6, 6.07) is 0. The summed E-state index contributed by atoms with van der Waals surface area (Å²) in [5.41, 5.74) is 0.393. The van der Waals surface area contributed by atoms with Crippen molar-refractivity contribution in [1.29, 1.82) is 0 Å². The summed E-state index contributed by atoms with van der Waals surface area (Å²) in [6.07, 6.45) is 0.142. The molecule has 2 unspecified atom stereocenters. The molecule has 1 fully saturated rings. The number of hydrogen-bond acceptors (Lipinski definition) is 5. The molecule has 2 atom stereocenters. The van der Waals surface area contributed by atoms with Gasteiger partial charge < -0.3 is 18.9 Å². The number of carbonyl (C=O) groups excluding carboxylic acids is 1. The van der Waals surface area contributed by atoms with E-state index in [4.69, 9.17) is 18.9 Å². The lowest BCUT2D eigenvalue weighted by Gasteiger charge is -2.13. The van der Waals surface area contributed by atoms with E-state index < -0.39 is 0 Å². The highest BCUT2D eigenvalue weighted by molar-refractivity contribution is 5.86. The first kappa shape index (κ1) is 14.2. The average Bonchev–Trinajstić information content (AvgIpc) is 3.09. The van der Waals surface area contributed by atoms with Gasteiger partial charge in [0.25, 0.3) is 0 Å². The van der Waals surface area contributed by atoms with Crippen LogP contribution in [0.5, 0.6) is 0 Å². The Labute approximate surface area is 102 Å². The maximum Gasteiger partial charge on any atom is 0.333 e. The van der Waals surface area contributed by atoms with Gasteiger partial charge in [-0.15, -0.1) is 0 Å². The van der Waals surface area contributed by atoms with Crippen molar-refractivity contribution >= 4 is 5.97 Å². The summed E-state index contributed by atoms with van der Waals surface area (Å²) in [5.74, 6) is -0.386. The quantitative estimate of drug-likeness (QED) is 0.261. The minimum atomic E-state index is -0.386. The molecule has 1 saturated heterocycles. The molecule has 98 valence electrons. The Morgan fingerprint density at radius 3 is 2.82 bits per heavy atom. The van der Waals surface area contributed by atoms with E-state index in [2.05, 4.69) is 6.58 Å². The number of esters is 1. The fourth-order valence-corrected chi connectivity index (χ4v) is 1.05. The maximum atomic E-state index is 11.1. The van der Waals surface area contributed by atoms with Crippen molar-refractivity contribution in [3.63, 3.8) is 0 Å². The van der Waals surface area contributed by atoms with Crippen molar-refractivity contribution in [2.75, 3.05) is 33.0 Å². The van der Waals surface area contributed by atoms with E-state index >= 15 is 0 Å². The molecular weight excluding hydrogens is 224 g/mol. The van der Waals surface area contributed by atoms with E-state index in [0.29, 0.717) is 25.4 Å². The Morgan fingerprint density at radius 1 is 1.53 bits per heavy atom. The van der Waals surface area contributed by atoms with E-state index in [-0.39, 0.29) is 24.8 Å². The topological polar surface area (TPSA) is 57.3 Å². The predicted molar refractivity (Wildman–Crippen MR) is 61.7 cm³/mol. The van der Waals surface area contributed by atoms with Crippen molar-refractivity contribution in [2.24, 2.45) is 0 Å². The number of rotatable bonds is 9. The first-order chi connectivity index (χ1) is 8.09. The molecule has 0 saturated carbocycles. The normalized spacial score (nSPS) is 19.8. The molecule has 0 bridgehead atoms. The third-order valence-corrected chi connectivity index (χ3v) is 2.13. The van der Waals surface area contributed by atoms with Crippen LogP contribution in [0.15, 0.2) is 12.2 Å². The van der Waals surface area contributed by atoms with Gasteiger partial charge in [0, 0.05) is 5.57 Å². The molecule has 0 spiro atoms. The Bertz CT molecular complexity index is 260. The van der Waals surface area contributed by atoms with Crippen molar-refractivity contribution in [3.8, 4) is 0 Å². The molecule has 5 heteroatoms. The third-order valence-electron chi connectivity index (χ3n) is 2.13. The van der Waals surface area contributed by atoms with Gasteiger partial charge in [0.15, 0.2) is 0 Å². The molecule has 0 radical (unpaired) electrons. The van der Waals surface area contributed by atoms with E-state index in [0.717, 1.165) is 6.61 Å². The number of hydrogen-bond donors (Lipinski definition) is 0. The van der Waals surface area contributed by atoms with Crippen LogP contribution in [0.1, 0.15) is 13.8 Å². The van der Waals surface area contributed by atoms with Gasteiger partial charge in [0.05, 0.1) is 32.5 Å². The predicted octanol–water partition coefficient (Wildman–Crippen LogP) is 0.926. The van der Waals surface area contributed by atoms with E-state index in [1.54, 1.807) is 6.92 Å². The highest BCUT2D eigenvalue weighted by atomic mass is 16.6. The second kappa shape index (κ2) is 7.42. The molecule has 17 heavy (non-hydrogen) atoms. The molecule has 1 heterocycles. The molecule has 0 aliphatic carbocycles. The van der Waals surface area contributed by atoms with E-state index in [1.807, 2.05) is 6.92 Å². The first-order valence-electron chi connectivity index (χ1n) is 5.73. The second-order valence-electron chi connectivity index (χ2n) is 4.09. The van der Waals surface area contributed by atoms with Crippen molar-refractivity contribution in [1.82, 2.24) is 0 Å². The molecule has 1 rings (SSSR count). The van der Waals surface area contributed by atoms with Crippen LogP contribution in [0.4, 0.5) is 0 Å². The van der Waals surface area contributed by atoms with Crippen LogP contribution in [-0.4, -0.2) is 51.2 Å². The Hall–Kier alpha value is -0.910. The van der Waals surface area contributed by atoms with Crippen LogP contribution in [0, 0.1) is 0 Å². The number of carbonyl (C=O) groups is 1. The Balaban J connectivity index is 1.90. The number of ether oxygens (including phenoxy) is 4.